The van der Waals surface area contributed by atoms with E-state index in [9.17, 15) is 9.59 Å². The highest BCUT2D eigenvalue weighted by atomic mass is 16.5. The van der Waals surface area contributed by atoms with Gasteiger partial charge in [-0.2, -0.15) is 0 Å². The molecule has 3 aromatic rings. The molecular weight excluding hydrogens is 484 g/mol. The molecular formula is C35H34O4. The third-order valence-corrected chi connectivity index (χ3v) is 7.80. The summed E-state index contributed by atoms with van der Waals surface area (Å²) < 4.78 is 12.1. The Kier molecular flexibility index (Phi) is 7.65. The summed E-state index contributed by atoms with van der Waals surface area (Å²) >= 11 is 0. The molecule has 5 rings (SSSR count). The number of allylic oxidation sites excluding steroid dienone is 5. The zero-order valence-corrected chi connectivity index (χ0v) is 23.0. The Balaban J connectivity index is 1.47. The molecule has 0 heterocycles. The molecule has 2 atom stereocenters. The van der Waals surface area contributed by atoms with E-state index in [-0.39, 0.29) is 23.4 Å². The van der Waals surface area contributed by atoms with E-state index in [2.05, 4.69) is 37.3 Å². The lowest BCUT2D eigenvalue weighted by molar-refractivity contribution is -0.113. The Labute approximate surface area is 230 Å². The summed E-state index contributed by atoms with van der Waals surface area (Å²) in [7, 11) is 1.65. The van der Waals surface area contributed by atoms with E-state index in [4.69, 9.17) is 9.47 Å². The van der Waals surface area contributed by atoms with Gasteiger partial charge < -0.3 is 9.47 Å². The average Bonchev–Trinajstić information content (AvgIpc) is 3.60. The van der Waals surface area contributed by atoms with E-state index < -0.39 is 0 Å². The molecule has 0 saturated heterocycles. The monoisotopic (exact) mass is 518 g/mol. The third-order valence-electron chi connectivity index (χ3n) is 7.80. The first-order valence-electron chi connectivity index (χ1n) is 13.4. The molecule has 0 bridgehead atoms. The second-order valence-corrected chi connectivity index (χ2v) is 10.5. The number of benzene rings is 3. The second-order valence-electron chi connectivity index (χ2n) is 10.5. The number of para-hydroxylation sites is 1. The predicted molar refractivity (Wildman–Crippen MR) is 155 cm³/mol. The molecule has 4 heteroatoms. The van der Waals surface area contributed by atoms with Gasteiger partial charge in [-0.3, -0.25) is 9.59 Å². The van der Waals surface area contributed by atoms with E-state index in [1.165, 1.54) is 11.1 Å². The van der Waals surface area contributed by atoms with Gasteiger partial charge in [-0.05, 0) is 55.5 Å². The molecule has 2 aliphatic rings. The summed E-state index contributed by atoms with van der Waals surface area (Å²) in [4.78, 5) is 25.7. The molecule has 4 nitrogen and oxygen atoms in total. The maximum absolute atomic E-state index is 14.0. The Bertz CT molecular complexity index is 1500. The van der Waals surface area contributed by atoms with Crippen LogP contribution < -0.4 is 9.47 Å². The van der Waals surface area contributed by atoms with Crippen LogP contribution in [0, 0.1) is 13.8 Å². The minimum atomic E-state index is -0.140. The molecule has 0 N–H and O–H groups in total. The number of ketones is 2. The van der Waals surface area contributed by atoms with Crippen molar-refractivity contribution in [2.24, 2.45) is 0 Å². The van der Waals surface area contributed by atoms with E-state index in [0.717, 1.165) is 39.8 Å². The van der Waals surface area contributed by atoms with Crippen LogP contribution in [-0.4, -0.2) is 25.3 Å². The van der Waals surface area contributed by atoms with Gasteiger partial charge in [0.05, 0.1) is 7.11 Å². The van der Waals surface area contributed by atoms with Crippen molar-refractivity contribution in [1.82, 2.24) is 0 Å². The van der Waals surface area contributed by atoms with Crippen LogP contribution in [0.4, 0.5) is 0 Å². The average molecular weight is 519 g/mol. The van der Waals surface area contributed by atoms with Crippen LogP contribution >= 0.6 is 0 Å². The van der Waals surface area contributed by atoms with Gasteiger partial charge in [-0.15, -0.1) is 0 Å². The van der Waals surface area contributed by atoms with Crippen molar-refractivity contribution in [3.05, 3.63) is 129 Å². The van der Waals surface area contributed by atoms with Crippen molar-refractivity contribution in [1.29, 1.82) is 0 Å². The van der Waals surface area contributed by atoms with Crippen LogP contribution in [-0.2, 0) is 4.79 Å². The number of carbonyl (C=O) groups excluding carboxylic acids is 2. The molecule has 3 aromatic carbocycles. The minimum Gasteiger partial charge on any atom is -0.493 e. The lowest BCUT2D eigenvalue weighted by Gasteiger charge is -2.21. The van der Waals surface area contributed by atoms with Gasteiger partial charge in [0, 0.05) is 35.0 Å². The summed E-state index contributed by atoms with van der Waals surface area (Å²) in [5.74, 6) is 1.40. The van der Waals surface area contributed by atoms with Crippen LogP contribution in [0.15, 0.2) is 102 Å². The van der Waals surface area contributed by atoms with Gasteiger partial charge in [-0.1, -0.05) is 84.5 Å². The first-order valence-corrected chi connectivity index (χ1v) is 13.4. The van der Waals surface area contributed by atoms with Gasteiger partial charge in [0.25, 0.3) is 0 Å². The number of hydrogen-bond donors (Lipinski definition) is 0. The fraction of sp³-hybridized carbons (Fsp3) is 0.257. The number of carbonyl (C=O) groups is 2. The van der Waals surface area contributed by atoms with Crippen LogP contribution in [0.1, 0.15) is 64.2 Å². The Morgan fingerprint density at radius 3 is 2.38 bits per heavy atom. The standard InChI is InChI=1S/C35H34O4/c1-22-12-15-26(16-13-22)28-19-31(32(20-28)34(37)29-9-6-5-8-23(29)2)30-10-7-11-33(35(30)38-4)39-21-25-14-17-27(18-25)24(3)36/h5-17,20,28,31H,18-19,21H2,1-4H3. The first-order chi connectivity index (χ1) is 18.9. The van der Waals surface area contributed by atoms with E-state index in [1.807, 2.05) is 61.5 Å². The van der Waals surface area contributed by atoms with Crippen LogP contribution in [0.2, 0.25) is 0 Å². The molecule has 2 unspecified atom stereocenters. The second kappa shape index (κ2) is 11.3. The highest BCUT2D eigenvalue weighted by Gasteiger charge is 2.35. The van der Waals surface area contributed by atoms with Crippen molar-refractivity contribution < 1.29 is 19.1 Å². The molecule has 0 spiro atoms. The molecule has 39 heavy (non-hydrogen) atoms. The Morgan fingerprint density at radius 1 is 0.923 bits per heavy atom. The Hall–Kier alpha value is -4.18. The van der Waals surface area contributed by atoms with E-state index in [1.54, 1.807) is 14.0 Å². The van der Waals surface area contributed by atoms with Crippen LogP contribution in [0.5, 0.6) is 11.5 Å². The fourth-order valence-electron chi connectivity index (χ4n) is 5.57. The fourth-order valence-corrected chi connectivity index (χ4v) is 5.57. The molecule has 198 valence electrons. The van der Waals surface area contributed by atoms with Gasteiger partial charge in [0.1, 0.15) is 6.61 Å². The summed E-state index contributed by atoms with van der Waals surface area (Å²) in [6.07, 6.45) is 7.35. The van der Waals surface area contributed by atoms with Crippen molar-refractivity contribution in [3.63, 3.8) is 0 Å². The number of ether oxygens (including phenoxy) is 2. The highest BCUT2D eigenvalue weighted by Crippen LogP contribution is 2.49. The zero-order valence-electron chi connectivity index (χ0n) is 23.0. The number of Topliss-reactive ketones (excluding diaryl/α,β-unsaturated/α-hetero) is 2. The molecule has 0 fully saturated rings. The molecule has 0 radical (unpaired) electrons. The van der Waals surface area contributed by atoms with Gasteiger partial charge in [0.2, 0.25) is 0 Å². The van der Waals surface area contributed by atoms with Crippen LogP contribution in [0.25, 0.3) is 0 Å². The zero-order chi connectivity index (χ0) is 27.5. The number of methoxy groups -OCH3 is 1. The molecule has 0 aromatic heterocycles. The van der Waals surface area contributed by atoms with Crippen molar-refractivity contribution in [2.45, 2.75) is 45.4 Å². The lowest BCUT2D eigenvalue weighted by Crippen LogP contribution is -2.12. The highest BCUT2D eigenvalue weighted by molar-refractivity contribution is 6.11. The summed E-state index contributed by atoms with van der Waals surface area (Å²) in [5.41, 5.74) is 7.68. The first kappa shape index (κ1) is 26.4. The topological polar surface area (TPSA) is 52.6 Å². The van der Waals surface area contributed by atoms with Crippen molar-refractivity contribution in [3.8, 4) is 11.5 Å². The van der Waals surface area contributed by atoms with E-state index >= 15 is 0 Å². The normalized spacial score (nSPS) is 18.3. The molecule has 0 saturated carbocycles. The predicted octanol–water partition coefficient (Wildman–Crippen LogP) is 7.62. The molecule has 0 aliphatic heterocycles. The third kappa shape index (κ3) is 5.51. The maximum Gasteiger partial charge on any atom is 0.189 e. The summed E-state index contributed by atoms with van der Waals surface area (Å²) in [6, 6.07) is 22.2. The lowest BCUT2D eigenvalue weighted by atomic mass is 9.85. The minimum absolute atomic E-state index is 0.0556. The largest absolute Gasteiger partial charge is 0.493 e. The molecule has 2 aliphatic carbocycles. The number of hydrogen-bond acceptors (Lipinski definition) is 4. The number of rotatable bonds is 9. The SMILES string of the molecule is COc1c(OCC2=CC=C(C(C)=O)C2)cccc1C1CC(c2ccc(C)cc2)C=C1C(=O)c1ccccc1C. The summed E-state index contributed by atoms with van der Waals surface area (Å²) in [5, 5.41) is 0. The van der Waals surface area contributed by atoms with Gasteiger partial charge in [-0.25, -0.2) is 0 Å². The van der Waals surface area contributed by atoms with Crippen molar-refractivity contribution >= 4 is 11.6 Å². The van der Waals surface area contributed by atoms with Crippen molar-refractivity contribution in [2.75, 3.05) is 13.7 Å². The van der Waals surface area contributed by atoms with Gasteiger partial charge >= 0.3 is 0 Å². The van der Waals surface area contributed by atoms with E-state index in [0.29, 0.717) is 24.5 Å². The quantitative estimate of drug-likeness (QED) is 0.274. The van der Waals surface area contributed by atoms with Gasteiger partial charge in [0.15, 0.2) is 23.1 Å². The smallest absolute Gasteiger partial charge is 0.189 e. The maximum atomic E-state index is 14.0. The molecule has 0 amide bonds. The number of aryl methyl sites for hydroxylation is 2. The summed E-state index contributed by atoms with van der Waals surface area (Å²) in [6.45, 7) is 6.02. The van der Waals surface area contributed by atoms with Crippen LogP contribution in [0.3, 0.4) is 0 Å². The Morgan fingerprint density at radius 2 is 1.69 bits per heavy atom.